The molecule has 4 unspecified atom stereocenters. The molecule has 0 aromatic rings. The maximum absolute atomic E-state index is 9.70. The molecule has 0 bridgehead atoms. The van der Waals surface area contributed by atoms with Crippen molar-refractivity contribution in [2.45, 2.75) is 83.9 Å². The van der Waals surface area contributed by atoms with Gasteiger partial charge in [0.05, 0.1) is 6.10 Å². The van der Waals surface area contributed by atoms with Crippen molar-refractivity contribution in [1.29, 1.82) is 0 Å². The zero-order chi connectivity index (χ0) is 13.1. The van der Waals surface area contributed by atoms with Gasteiger partial charge in [-0.05, 0) is 63.8 Å². The van der Waals surface area contributed by atoms with Crippen LogP contribution in [0.1, 0.15) is 65.7 Å². The molecule has 1 aliphatic heterocycles. The number of aliphatic hydroxyl groups excluding tert-OH is 1. The summed E-state index contributed by atoms with van der Waals surface area (Å²) < 4.78 is 0. The lowest BCUT2D eigenvalue weighted by Crippen LogP contribution is -2.49. The van der Waals surface area contributed by atoms with E-state index < -0.39 is 0 Å². The molecule has 1 saturated carbocycles. The topological polar surface area (TPSA) is 23.5 Å². The summed E-state index contributed by atoms with van der Waals surface area (Å²) in [5.41, 5.74) is 0. The van der Waals surface area contributed by atoms with Crippen molar-refractivity contribution < 1.29 is 5.11 Å². The van der Waals surface area contributed by atoms with E-state index in [-0.39, 0.29) is 6.10 Å². The minimum absolute atomic E-state index is 0.144. The van der Waals surface area contributed by atoms with Gasteiger partial charge in [0.15, 0.2) is 0 Å². The van der Waals surface area contributed by atoms with Gasteiger partial charge in [-0.25, -0.2) is 0 Å². The molecular weight excluding hydrogens is 222 g/mol. The fraction of sp³-hybridized carbons (Fsp3) is 1.00. The van der Waals surface area contributed by atoms with Gasteiger partial charge in [0.2, 0.25) is 0 Å². The summed E-state index contributed by atoms with van der Waals surface area (Å²) in [6, 6.07) is 1.43. The predicted molar refractivity (Wildman–Crippen MR) is 76.6 cm³/mol. The van der Waals surface area contributed by atoms with Crippen molar-refractivity contribution in [1.82, 2.24) is 4.90 Å². The normalized spacial score (nSPS) is 40.7. The number of piperidine rings is 1. The molecule has 2 nitrogen and oxygen atoms in total. The van der Waals surface area contributed by atoms with E-state index in [1.54, 1.807) is 0 Å². The van der Waals surface area contributed by atoms with Gasteiger partial charge in [-0.15, -0.1) is 0 Å². The smallest absolute Gasteiger partial charge is 0.0527 e. The fourth-order valence-electron chi connectivity index (χ4n) is 4.33. The molecule has 1 N–H and O–H groups in total. The number of rotatable bonds is 3. The molecule has 2 aliphatic rings. The van der Waals surface area contributed by atoms with E-state index in [1.807, 2.05) is 6.92 Å². The second-order valence-corrected chi connectivity index (χ2v) is 7.04. The lowest BCUT2D eigenvalue weighted by Gasteiger charge is -2.46. The molecular formula is C16H31NO. The molecule has 106 valence electrons. The standard InChI is InChI=1S/C16H31NO/c1-12-8-13(2)10-16(9-12)17-7-5-4-6-15(17)11-14(3)18/h12-16,18H,4-11H2,1-3H3. The Morgan fingerprint density at radius 1 is 1.11 bits per heavy atom. The van der Waals surface area contributed by atoms with Crippen molar-refractivity contribution in [2.24, 2.45) is 11.8 Å². The van der Waals surface area contributed by atoms with Gasteiger partial charge in [0, 0.05) is 12.1 Å². The SMILES string of the molecule is CC(O)CC1CCCCN1C1CC(C)CC(C)C1. The van der Waals surface area contributed by atoms with Gasteiger partial charge < -0.3 is 5.11 Å². The average Bonchev–Trinajstić information content (AvgIpc) is 2.27. The molecule has 0 aromatic heterocycles. The minimum atomic E-state index is -0.144. The van der Waals surface area contributed by atoms with Crippen LogP contribution in [0, 0.1) is 11.8 Å². The number of hydrogen-bond acceptors (Lipinski definition) is 2. The van der Waals surface area contributed by atoms with Crippen molar-refractivity contribution in [3.8, 4) is 0 Å². The Morgan fingerprint density at radius 2 is 1.78 bits per heavy atom. The summed E-state index contributed by atoms with van der Waals surface area (Å²) in [7, 11) is 0. The number of aliphatic hydroxyl groups is 1. The van der Waals surface area contributed by atoms with Crippen LogP contribution in [-0.2, 0) is 0 Å². The zero-order valence-electron chi connectivity index (χ0n) is 12.4. The van der Waals surface area contributed by atoms with Crippen LogP contribution in [0.5, 0.6) is 0 Å². The highest BCUT2D eigenvalue weighted by molar-refractivity contribution is 4.88. The van der Waals surface area contributed by atoms with E-state index in [2.05, 4.69) is 18.7 Å². The largest absolute Gasteiger partial charge is 0.393 e. The predicted octanol–water partition coefficient (Wildman–Crippen LogP) is 3.44. The first kappa shape index (κ1) is 14.3. The van der Waals surface area contributed by atoms with E-state index in [0.29, 0.717) is 6.04 Å². The second-order valence-electron chi connectivity index (χ2n) is 7.04. The third-order valence-electron chi connectivity index (χ3n) is 4.91. The van der Waals surface area contributed by atoms with Crippen LogP contribution in [0.4, 0.5) is 0 Å². The first-order chi connectivity index (χ1) is 8.56. The monoisotopic (exact) mass is 253 g/mol. The molecule has 2 heteroatoms. The molecule has 1 saturated heterocycles. The Morgan fingerprint density at radius 3 is 2.39 bits per heavy atom. The summed E-state index contributed by atoms with van der Waals surface area (Å²) >= 11 is 0. The van der Waals surface area contributed by atoms with Crippen molar-refractivity contribution in [3.05, 3.63) is 0 Å². The van der Waals surface area contributed by atoms with Crippen LogP contribution in [0.3, 0.4) is 0 Å². The van der Waals surface area contributed by atoms with Crippen LogP contribution in [-0.4, -0.2) is 34.7 Å². The van der Waals surface area contributed by atoms with Crippen LogP contribution in [0.25, 0.3) is 0 Å². The van der Waals surface area contributed by atoms with Crippen LogP contribution in [0.15, 0.2) is 0 Å². The number of hydrogen-bond donors (Lipinski definition) is 1. The lowest BCUT2D eigenvalue weighted by molar-refractivity contribution is 0.0234. The first-order valence-electron chi connectivity index (χ1n) is 8.00. The Labute approximate surface area is 113 Å². The molecule has 0 radical (unpaired) electrons. The third kappa shape index (κ3) is 3.71. The molecule has 0 aromatic carbocycles. The molecule has 2 fully saturated rings. The second kappa shape index (κ2) is 6.38. The average molecular weight is 253 g/mol. The lowest BCUT2D eigenvalue weighted by atomic mass is 9.78. The minimum Gasteiger partial charge on any atom is -0.393 e. The molecule has 0 amide bonds. The highest BCUT2D eigenvalue weighted by Crippen LogP contribution is 2.35. The highest BCUT2D eigenvalue weighted by Gasteiger charge is 2.33. The maximum Gasteiger partial charge on any atom is 0.0527 e. The molecule has 2 rings (SSSR count). The van der Waals surface area contributed by atoms with Gasteiger partial charge in [-0.2, -0.15) is 0 Å². The Bertz CT molecular complexity index is 243. The van der Waals surface area contributed by atoms with Gasteiger partial charge in [0.25, 0.3) is 0 Å². The van der Waals surface area contributed by atoms with Crippen LogP contribution < -0.4 is 0 Å². The highest BCUT2D eigenvalue weighted by atomic mass is 16.3. The van der Waals surface area contributed by atoms with Gasteiger partial charge in [-0.1, -0.05) is 20.3 Å². The molecule has 18 heavy (non-hydrogen) atoms. The first-order valence-corrected chi connectivity index (χ1v) is 8.00. The Balaban J connectivity index is 1.98. The summed E-state index contributed by atoms with van der Waals surface area (Å²) in [6.07, 6.45) is 8.99. The van der Waals surface area contributed by atoms with E-state index in [9.17, 15) is 5.11 Å². The van der Waals surface area contributed by atoms with Crippen LogP contribution >= 0.6 is 0 Å². The molecule has 0 spiro atoms. The Kier molecular flexibility index (Phi) is 5.08. The Hall–Kier alpha value is -0.0800. The summed E-state index contributed by atoms with van der Waals surface area (Å²) in [5, 5.41) is 9.70. The van der Waals surface area contributed by atoms with Crippen molar-refractivity contribution >= 4 is 0 Å². The van der Waals surface area contributed by atoms with E-state index in [4.69, 9.17) is 0 Å². The van der Waals surface area contributed by atoms with Crippen molar-refractivity contribution in [2.75, 3.05) is 6.54 Å². The molecule has 4 atom stereocenters. The summed E-state index contributed by atoms with van der Waals surface area (Å²) in [5.74, 6) is 1.76. The van der Waals surface area contributed by atoms with E-state index in [1.165, 1.54) is 45.1 Å². The number of likely N-dealkylation sites (tertiary alicyclic amines) is 1. The fourth-order valence-corrected chi connectivity index (χ4v) is 4.33. The maximum atomic E-state index is 9.70. The van der Waals surface area contributed by atoms with Gasteiger partial charge in [0.1, 0.15) is 0 Å². The van der Waals surface area contributed by atoms with E-state index in [0.717, 1.165) is 24.3 Å². The quantitative estimate of drug-likeness (QED) is 0.833. The molecule has 1 heterocycles. The van der Waals surface area contributed by atoms with E-state index >= 15 is 0 Å². The van der Waals surface area contributed by atoms with Gasteiger partial charge in [-0.3, -0.25) is 4.90 Å². The van der Waals surface area contributed by atoms with Gasteiger partial charge >= 0.3 is 0 Å². The third-order valence-corrected chi connectivity index (χ3v) is 4.91. The summed E-state index contributed by atoms with van der Waals surface area (Å²) in [4.78, 5) is 2.75. The van der Waals surface area contributed by atoms with Crippen molar-refractivity contribution in [3.63, 3.8) is 0 Å². The molecule has 1 aliphatic carbocycles. The summed E-state index contributed by atoms with van der Waals surface area (Å²) in [6.45, 7) is 8.03. The number of nitrogens with zero attached hydrogens (tertiary/aromatic N) is 1. The zero-order valence-corrected chi connectivity index (χ0v) is 12.4. The van der Waals surface area contributed by atoms with Crippen LogP contribution in [0.2, 0.25) is 0 Å².